The molecule has 0 radical (unpaired) electrons. The number of carboxylic acids is 1. The van der Waals surface area contributed by atoms with Gasteiger partial charge in [0.2, 0.25) is 0 Å². The number of carbonyl (C=O) groups excluding carboxylic acids is 2. The third-order valence-electron chi connectivity index (χ3n) is 4.85. The van der Waals surface area contributed by atoms with Gasteiger partial charge in [0.15, 0.2) is 0 Å². The van der Waals surface area contributed by atoms with Crippen LogP contribution in [0.2, 0.25) is 0 Å². The Kier molecular flexibility index (Phi) is 19.2. The SMILES string of the molecule is CCCCCCC(CC=CCCCCCCCCOC(=O)CCC(=O)O)OC(C)=O. The molecule has 6 heteroatoms. The van der Waals surface area contributed by atoms with Gasteiger partial charge in [-0.25, -0.2) is 0 Å². The zero-order valence-electron chi connectivity index (χ0n) is 19.0. The summed E-state index contributed by atoms with van der Waals surface area (Å²) in [6, 6.07) is 0. The molecule has 0 aliphatic carbocycles. The van der Waals surface area contributed by atoms with Gasteiger partial charge in [0.25, 0.3) is 0 Å². The second-order valence-corrected chi connectivity index (χ2v) is 7.81. The minimum atomic E-state index is -0.978. The van der Waals surface area contributed by atoms with E-state index in [-0.39, 0.29) is 24.9 Å². The Morgan fingerprint density at radius 3 is 2.20 bits per heavy atom. The van der Waals surface area contributed by atoms with Crippen molar-refractivity contribution in [2.75, 3.05) is 6.61 Å². The van der Waals surface area contributed by atoms with Crippen LogP contribution < -0.4 is 0 Å². The van der Waals surface area contributed by atoms with Gasteiger partial charge in [0, 0.05) is 13.3 Å². The molecule has 0 saturated heterocycles. The molecule has 1 atom stereocenters. The number of carbonyl (C=O) groups is 3. The summed E-state index contributed by atoms with van der Waals surface area (Å²) < 4.78 is 10.4. The lowest BCUT2D eigenvalue weighted by molar-refractivity contribution is -0.147. The lowest BCUT2D eigenvalue weighted by Crippen LogP contribution is -2.15. The van der Waals surface area contributed by atoms with Crippen LogP contribution in [-0.4, -0.2) is 35.7 Å². The van der Waals surface area contributed by atoms with Crippen LogP contribution in [0.4, 0.5) is 0 Å². The normalized spacial score (nSPS) is 12.1. The van der Waals surface area contributed by atoms with Crippen LogP contribution in [0.5, 0.6) is 0 Å². The van der Waals surface area contributed by atoms with Gasteiger partial charge in [-0.1, -0.05) is 64.0 Å². The van der Waals surface area contributed by atoms with Gasteiger partial charge in [0.05, 0.1) is 19.4 Å². The van der Waals surface area contributed by atoms with Crippen molar-refractivity contribution in [3.05, 3.63) is 12.2 Å². The number of rotatable bonds is 20. The first-order valence-corrected chi connectivity index (χ1v) is 11.6. The summed E-state index contributed by atoms with van der Waals surface area (Å²) in [7, 11) is 0. The maximum atomic E-state index is 11.3. The second-order valence-electron chi connectivity index (χ2n) is 7.81. The number of allylic oxidation sites excluding steroid dienone is 1. The number of aliphatic carboxylic acids is 1. The molecule has 1 unspecified atom stereocenters. The standard InChI is InChI=1S/C24H42O6/c1-3-4-5-13-16-22(30-21(2)25)17-14-11-9-7-6-8-10-12-15-20-29-24(28)19-18-23(26)27/h11,14,22H,3-10,12-13,15-20H2,1-2H3,(H,26,27). The van der Waals surface area contributed by atoms with E-state index >= 15 is 0 Å². The number of ether oxygens (including phenoxy) is 2. The van der Waals surface area contributed by atoms with Crippen LogP contribution in [0.25, 0.3) is 0 Å². The predicted octanol–water partition coefficient (Wildman–Crippen LogP) is 5.97. The Morgan fingerprint density at radius 1 is 0.867 bits per heavy atom. The van der Waals surface area contributed by atoms with E-state index < -0.39 is 11.9 Å². The highest BCUT2D eigenvalue weighted by Crippen LogP contribution is 2.13. The molecule has 1 N–H and O–H groups in total. The van der Waals surface area contributed by atoms with Crippen molar-refractivity contribution >= 4 is 17.9 Å². The lowest BCUT2D eigenvalue weighted by Gasteiger charge is -2.15. The molecule has 30 heavy (non-hydrogen) atoms. The molecule has 0 aromatic heterocycles. The summed E-state index contributed by atoms with van der Waals surface area (Å²) in [5.41, 5.74) is 0. The van der Waals surface area contributed by atoms with Crippen LogP contribution >= 0.6 is 0 Å². The van der Waals surface area contributed by atoms with Crippen molar-refractivity contribution in [2.24, 2.45) is 0 Å². The molecular weight excluding hydrogens is 384 g/mol. The van der Waals surface area contributed by atoms with Gasteiger partial charge >= 0.3 is 17.9 Å². The Morgan fingerprint density at radius 2 is 1.53 bits per heavy atom. The van der Waals surface area contributed by atoms with Gasteiger partial charge in [0.1, 0.15) is 6.10 Å². The van der Waals surface area contributed by atoms with E-state index in [2.05, 4.69) is 19.1 Å². The summed E-state index contributed by atoms with van der Waals surface area (Å²) in [4.78, 5) is 32.9. The molecule has 174 valence electrons. The van der Waals surface area contributed by atoms with Crippen LogP contribution in [0.1, 0.15) is 110 Å². The fraction of sp³-hybridized carbons (Fsp3) is 0.792. The summed E-state index contributed by atoms with van der Waals surface area (Å²) in [6.07, 6.45) is 18.1. The van der Waals surface area contributed by atoms with Crippen LogP contribution in [0.15, 0.2) is 12.2 Å². The van der Waals surface area contributed by atoms with E-state index in [0.717, 1.165) is 57.8 Å². The highest BCUT2D eigenvalue weighted by Gasteiger charge is 2.09. The quantitative estimate of drug-likeness (QED) is 0.146. The van der Waals surface area contributed by atoms with Gasteiger partial charge in [-0.15, -0.1) is 0 Å². The Balaban J connectivity index is 3.60. The van der Waals surface area contributed by atoms with E-state index in [0.29, 0.717) is 6.61 Å². The monoisotopic (exact) mass is 426 g/mol. The number of unbranched alkanes of at least 4 members (excludes halogenated alkanes) is 9. The van der Waals surface area contributed by atoms with Crippen LogP contribution in [0.3, 0.4) is 0 Å². The molecule has 0 heterocycles. The van der Waals surface area contributed by atoms with Gasteiger partial charge < -0.3 is 14.6 Å². The van der Waals surface area contributed by atoms with Crippen molar-refractivity contribution in [2.45, 2.75) is 116 Å². The molecular formula is C24H42O6. The lowest BCUT2D eigenvalue weighted by atomic mass is 10.1. The fourth-order valence-corrected chi connectivity index (χ4v) is 3.16. The van der Waals surface area contributed by atoms with Crippen molar-refractivity contribution < 1.29 is 29.0 Å². The molecule has 0 amide bonds. The third-order valence-corrected chi connectivity index (χ3v) is 4.85. The first kappa shape index (κ1) is 28.1. The van der Waals surface area contributed by atoms with Crippen LogP contribution in [-0.2, 0) is 23.9 Å². The van der Waals surface area contributed by atoms with Crippen molar-refractivity contribution in [1.82, 2.24) is 0 Å². The van der Waals surface area contributed by atoms with Gasteiger partial charge in [-0.3, -0.25) is 14.4 Å². The van der Waals surface area contributed by atoms with E-state index in [9.17, 15) is 14.4 Å². The Labute approximate surface area is 182 Å². The predicted molar refractivity (Wildman–Crippen MR) is 118 cm³/mol. The van der Waals surface area contributed by atoms with Crippen molar-refractivity contribution in [3.8, 4) is 0 Å². The maximum Gasteiger partial charge on any atom is 0.306 e. The first-order chi connectivity index (χ1) is 14.5. The maximum absolute atomic E-state index is 11.3. The van der Waals surface area contributed by atoms with E-state index in [1.54, 1.807) is 0 Å². The number of carboxylic acid groups (broad SMARTS) is 1. The summed E-state index contributed by atoms with van der Waals surface area (Å²) in [5.74, 6) is -1.60. The first-order valence-electron chi connectivity index (χ1n) is 11.6. The highest BCUT2D eigenvalue weighted by atomic mass is 16.5. The van der Waals surface area contributed by atoms with E-state index in [4.69, 9.17) is 14.6 Å². The average Bonchev–Trinajstić information content (AvgIpc) is 2.69. The number of hydrogen-bond donors (Lipinski definition) is 1. The third kappa shape index (κ3) is 20.9. The molecule has 0 rings (SSSR count). The molecule has 0 bridgehead atoms. The topological polar surface area (TPSA) is 89.9 Å². The highest BCUT2D eigenvalue weighted by molar-refractivity contribution is 5.76. The van der Waals surface area contributed by atoms with Crippen molar-refractivity contribution in [1.29, 1.82) is 0 Å². The zero-order chi connectivity index (χ0) is 22.5. The van der Waals surface area contributed by atoms with E-state index in [1.807, 2.05) is 0 Å². The average molecular weight is 427 g/mol. The molecule has 0 aliphatic rings. The Hall–Kier alpha value is -1.85. The van der Waals surface area contributed by atoms with E-state index in [1.165, 1.54) is 32.6 Å². The number of esters is 2. The molecule has 0 saturated carbocycles. The van der Waals surface area contributed by atoms with Crippen molar-refractivity contribution in [3.63, 3.8) is 0 Å². The van der Waals surface area contributed by atoms with Crippen LogP contribution in [0, 0.1) is 0 Å². The molecule has 0 fully saturated rings. The molecule has 6 nitrogen and oxygen atoms in total. The zero-order valence-corrected chi connectivity index (χ0v) is 19.0. The summed E-state index contributed by atoms with van der Waals surface area (Å²) >= 11 is 0. The molecule has 0 spiro atoms. The van der Waals surface area contributed by atoms with Gasteiger partial charge in [-0.2, -0.15) is 0 Å². The molecule has 0 aliphatic heterocycles. The molecule has 0 aromatic rings. The Bertz CT molecular complexity index is 486. The summed E-state index contributed by atoms with van der Waals surface area (Å²) in [5, 5.41) is 8.50. The molecule has 0 aromatic carbocycles. The van der Waals surface area contributed by atoms with Gasteiger partial charge in [-0.05, 0) is 32.1 Å². The smallest absolute Gasteiger partial charge is 0.306 e. The fourth-order valence-electron chi connectivity index (χ4n) is 3.16. The minimum absolute atomic E-state index is 0.00818. The summed E-state index contributed by atoms with van der Waals surface area (Å²) in [6.45, 7) is 4.05. The second kappa shape index (κ2) is 20.4. The number of hydrogen-bond acceptors (Lipinski definition) is 5. The minimum Gasteiger partial charge on any atom is -0.481 e. The largest absolute Gasteiger partial charge is 0.481 e.